The van der Waals surface area contributed by atoms with Crippen molar-refractivity contribution in [1.29, 1.82) is 5.26 Å². The Labute approximate surface area is 115 Å². The van der Waals surface area contributed by atoms with Gasteiger partial charge in [0.2, 0.25) is 0 Å². The summed E-state index contributed by atoms with van der Waals surface area (Å²) in [5.74, 6) is 0. The molecular weight excluding hydrogens is 240 g/mol. The number of nitrogens with one attached hydrogen (secondary N) is 1. The van der Waals surface area contributed by atoms with Gasteiger partial charge in [-0.25, -0.2) is 0 Å². The largest absolute Gasteiger partial charge is 0.300 e. The Bertz CT molecular complexity index is 401. The van der Waals surface area contributed by atoms with E-state index in [0.29, 0.717) is 5.25 Å². The lowest BCUT2D eigenvalue weighted by atomic mass is 10.1. The Kier molecular flexibility index (Phi) is 5.71. The minimum Gasteiger partial charge on any atom is -0.300 e. The first-order valence-electron chi connectivity index (χ1n) is 6.35. The van der Waals surface area contributed by atoms with Crippen molar-refractivity contribution in [3.63, 3.8) is 0 Å². The minimum absolute atomic E-state index is 0.437. The first kappa shape index (κ1) is 15.1. The molecule has 98 valence electrons. The molecule has 0 amide bonds. The van der Waals surface area contributed by atoms with Crippen molar-refractivity contribution in [3.8, 4) is 6.07 Å². The van der Waals surface area contributed by atoms with Crippen LogP contribution in [0.1, 0.15) is 33.3 Å². The molecule has 1 aromatic carbocycles. The maximum Gasteiger partial charge on any atom is 0.101 e. The van der Waals surface area contributed by atoms with Gasteiger partial charge in [-0.3, -0.25) is 5.32 Å². The predicted molar refractivity (Wildman–Crippen MR) is 78.8 cm³/mol. The molecule has 3 heteroatoms. The molecule has 0 aliphatic heterocycles. The molecule has 0 unspecified atom stereocenters. The zero-order valence-corrected chi connectivity index (χ0v) is 12.5. The van der Waals surface area contributed by atoms with E-state index in [-0.39, 0.29) is 0 Å². The van der Waals surface area contributed by atoms with E-state index in [1.165, 1.54) is 10.5 Å². The Morgan fingerprint density at radius 3 is 2.39 bits per heavy atom. The van der Waals surface area contributed by atoms with Crippen molar-refractivity contribution in [2.24, 2.45) is 0 Å². The van der Waals surface area contributed by atoms with Gasteiger partial charge in [-0.1, -0.05) is 26.0 Å². The van der Waals surface area contributed by atoms with Crippen LogP contribution in [-0.4, -0.2) is 17.3 Å². The standard InChI is InChI=1S/C15H22N2S/c1-12(2)18-14-7-5-13(6-8-14)9-10-17-15(3,4)11-16/h5-8,12,17H,9-10H2,1-4H3. The summed E-state index contributed by atoms with van der Waals surface area (Å²) in [4.78, 5) is 1.32. The highest BCUT2D eigenvalue weighted by molar-refractivity contribution is 7.99. The monoisotopic (exact) mass is 262 g/mol. The number of thioether (sulfide) groups is 1. The molecule has 0 heterocycles. The van der Waals surface area contributed by atoms with Gasteiger partial charge in [0.25, 0.3) is 0 Å². The molecule has 0 radical (unpaired) electrons. The predicted octanol–water partition coefficient (Wildman–Crippen LogP) is 3.62. The topological polar surface area (TPSA) is 35.8 Å². The van der Waals surface area contributed by atoms with Crippen molar-refractivity contribution in [1.82, 2.24) is 5.32 Å². The van der Waals surface area contributed by atoms with Crippen LogP contribution in [0.4, 0.5) is 0 Å². The van der Waals surface area contributed by atoms with Crippen LogP contribution in [0.15, 0.2) is 29.2 Å². The van der Waals surface area contributed by atoms with Gasteiger partial charge >= 0.3 is 0 Å². The molecular formula is C15H22N2S. The fourth-order valence-corrected chi connectivity index (χ4v) is 2.40. The van der Waals surface area contributed by atoms with Crippen LogP contribution in [0.3, 0.4) is 0 Å². The second kappa shape index (κ2) is 6.82. The van der Waals surface area contributed by atoms with Crippen molar-refractivity contribution < 1.29 is 0 Å². The molecule has 0 spiro atoms. The van der Waals surface area contributed by atoms with E-state index in [0.717, 1.165) is 13.0 Å². The van der Waals surface area contributed by atoms with Crippen LogP contribution in [0.5, 0.6) is 0 Å². The summed E-state index contributed by atoms with van der Waals surface area (Å²) in [6.45, 7) is 9.03. The van der Waals surface area contributed by atoms with Gasteiger partial charge in [0.05, 0.1) is 6.07 Å². The summed E-state index contributed by atoms with van der Waals surface area (Å²) >= 11 is 1.88. The van der Waals surface area contributed by atoms with Gasteiger partial charge in [0.1, 0.15) is 5.54 Å². The Hall–Kier alpha value is -0.980. The molecule has 1 N–H and O–H groups in total. The maximum absolute atomic E-state index is 8.90. The van der Waals surface area contributed by atoms with Crippen LogP contribution >= 0.6 is 11.8 Å². The summed E-state index contributed by atoms with van der Waals surface area (Å²) < 4.78 is 0. The number of nitriles is 1. The summed E-state index contributed by atoms with van der Waals surface area (Å²) in [7, 11) is 0. The lowest BCUT2D eigenvalue weighted by Gasteiger charge is -2.17. The molecule has 0 saturated heterocycles. The molecule has 0 fully saturated rings. The first-order chi connectivity index (χ1) is 8.43. The zero-order valence-electron chi connectivity index (χ0n) is 11.7. The Morgan fingerprint density at radius 2 is 1.89 bits per heavy atom. The molecule has 0 bridgehead atoms. The van der Waals surface area contributed by atoms with Gasteiger partial charge in [0, 0.05) is 16.7 Å². The highest BCUT2D eigenvalue weighted by atomic mass is 32.2. The summed E-state index contributed by atoms with van der Waals surface area (Å²) in [6, 6.07) is 10.9. The summed E-state index contributed by atoms with van der Waals surface area (Å²) in [5.41, 5.74) is 0.873. The van der Waals surface area contributed by atoms with Crippen LogP contribution in [0, 0.1) is 11.3 Å². The zero-order chi connectivity index (χ0) is 13.6. The van der Waals surface area contributed by atoms with Crippen LogP contribution < -0.4 is 5.32 Å². The van der Waals surface area contributed by atoms with E-state index in [2.05, 4.69) is 49.5 Å². The molecule has 1 aromatic rings. The number of hydrogen-bond donors (Lipinski definition) is 1. The quantitative estimate of drug-likeness (QED) is 0.795. The highest BCUT2D eigenvalue weighted by Crippen LogP contribution is 2.22. The van der Waals surface area contributed by atoms with Crippen molar-refractivity contribution >= 4 is 11.8 Å². The lowest BCUT2D eigenvalue weighted by Crippen LogP contribution is -2.38. The summed E-state index contributed by atoms with van der Waals surface area (Å²) in [5, 5.41) is 12.8. The highest BCUT2D eigenvalue weighted by Gasteiger charge is 2.14. The molecule has 0 atom stereocenters. The fraction of sp³-hybridized carbons (Fsp3) is 0.533. The lowest BCUT2D eigenvalue weighted by molar-refractivity contribution is 0.490. The van der Waals surface area contributed by atoms with Crippen LogP contribution in [-0.2, 0) is 6.42 Å². The van der Waals surface area contributed by atoms with Crippen molar-refractivity contribution in [2.45, 2.75) is 49.8 Å². The number of hydrogen-bond acceptors (Lipinski definition) is 3. The third-order valence-electron chi connectivity index (χ3n) is 2.56. The van der Waals surface area contributed by atoms with Crippen molar-refractivity contribution in [2.75, 3.05) is 6.54 Å². The second-order valence-electron chi connectivity index (χ2n) is 5.22. The van der Waals surface area contributed by atoms with Crippen LogP contribution in [0.25, 0.3) is 0 Å². The van der Waals surface area contributed by atoms with E-state index in [1.54, 1.807) is 0 Å². The van der Waals surface area contributed by atoms with Gasteiger partial charge in [0.15, 0.2) is 0 Å². The van der Waals surface area contributed by atoms with E-state index < -0.39 is 5.54 Å². The molecule has 2 nitrogen and oxygen atoms in total. The number of benzene rings is 1. The third kappa shape index (κ3) is 5.57. The fourth-order valence-electron chi connectivity index (χ4n) is 1.57. The van der Waals surface area contributed by atoms with Gasteiger partial charge < -0.3 is 0 Å². The Morgan fingerprint density at radius 1 is 1.28 bits per heavy atom. The van der Waals surface area contributed by atoms with Crippen LogP contribution in [0.2, 0.25) is 0 Å². The maximum atomic E-state index is 8.90. The third-order valence-corrected chi connectivity index (χ3v) is 3.57. The SMILES string of the molecule is CC(C)Sc1ccc(CCNC(C)(C)C#N)cc1. The number of nitrogens with zero attached hydrogens (tertiary/aromatic N) is 1. The van der Waals surface area contributed by atoms with E-state index in [9.17, 15) is 0 Å². The molecule has 0 aliphatic rings. The average Bonchev–Trinajstić information content (AvgIpc) is 2.30. The van der Waals surface area contributed by atoms with Gasteiger partial charge in [-0.2, -0.15) is 5.26 Å². The van der Waals surface area contributed by atoms with Gasteiger partial charge in [-0.15, -0.1) is 11.8 Å². The first-order valence-corrected chi connectivity index (χ1v) is 7.23. The smallest absolute Gasteiger partial charge is 0.101 e. The molecule has 1 rings (SSSR count). The molecule has 18 heavy (non-hydrogen) atoms. The average molecular weight is 262 g/mol. The normalized spacial score (nSPS) is 11.6. The molecule has 0 aromatic heterocycles. The molecule has 0 saturated carbocycles. The summed E-state index contributed by atoms with van der Waals surface area (Å²) in [6.07, 6.45) is 0.956. The number of rotatable bonds is 6. The van der Waals surface area contributed by atoms with E-state index >= 15 is 0 Å². The van der Waals surface area contributed by atoms with E-state index in [4.69, 9.17) is 5.26 Å². The van der Waals surface area contributed by atoms with Crippen molar-refractivity contribution in [3.05, 3.63) is 29.8 Å². The minimum atomic E-state index is -0.437. The van der Waals surface area contributed by atoms with Gasteiger partial charge in [-0.05, 0) is 38.0 Å². The van der Waals surface area contributed by atoms with E-state index in [1.807, 2.05) is 25.6 Å². The second-order valence-corrected chi connectivity index (χ2v) is 6.87. The Balaban J connectivity index is 2.43. The molecule has 0 aliphatic carbocycles.